The Bertz CT molecular complexity index is 631. The fraction of sp³-hybridized carbons (Fsp3) is 0.300. The highest BCUT2D eigenvalue weighted by Gasteiger charge is 2.19. The van der Waals surface area contributed by atoms with Crippen molar-refractivity contribution >= 4 is 5.57 Å². The summed E-state index contributed by atoms with van der Waals surface area (Å²) < 4.78 is 5.62. The zero-order valence-corrected chi connectivity index (χ0v) is 14.5. The van der Waals surface area contributed by atoms with Crippen LogP contribution in [0.4, 0.5) is 0 Å². The predicted octanol–water partition coefficient (Wildman–Crippen LogP) is -1.20. The van der Waals surface area contributed by atoms with Crippen molar-refractivity contribution in [2.45, 2.75) is 12.5 Å². The van der Waals surface area contributed by atoms with Gasteiger partial charge in [0.1, 0.15) is 25.0 Å². The van der Waals surface area contributed by atoms with E-state index in [2.05, 4.69) is 30.3 Å². The van der Waals surface area contributed by atoms with Gasteiger partial charge in [-0.1, -0.05) is 48.5 Å². The van der Waals surface area contributed by atoms with E-state index >= 15 is 0 Å². The van der Waals surface area contributed by atoms with E-state index in [1.165, 1.54) is 16.0 Å². The van der Waals surface area contributed by atoms with Crippen LogP contribution in [-0.4, -0.2) is 37.5 Å². The predicted molar refractivity (Wildman–Crippen MR) is 92.5 cm³/mol. The topological polar surface area (TPSA) is 33.9 Å². The van der Waals surface area contributed by atoms with Gasteiger partial charge in [-0.25, -0.2) is 0 Å². The lowest BCUT2D eigenvalue weighted by atomic mass is 9.99. The Morgan fingerprint density at radius 2 is 1.67 bits per heavy atom. The average molecular weight is 346 g/mol. The highest BCUT2D eigenvalue weighted by atomic mass is 35.5. The van der Waals surface area contributed by atoms with Crippen molar-refractivity contribution in [1.82, 2.24) is 0 Å². The molecule has 1 heterocycles. The lowest BCUT2D eigenvalue weighted by Gasteiger charge is -2.25. The van der Waals surface area contributed by atoms with Gasteiger partial charge < -0.3 is 27.2 Å². The van der Waals surface area contributed by atoms with Crippen LogP contribution in [0.2, 0.25) is 0 Å². The monoisotopic (exact) mass is 345 g/mol. The Morgan fingerprint density at radius 1 is 1.00 bits per heavy atom. The van der Waals surface area contributed by atoms with Gasteiger partial charge >= 0.3 is 0 Å². The van der Waals surface area contributed by atoms with Crippen molar-refractivity contribution in [2.75, 3.05) is 26.2 Å². The third kappa shape index (κ3) is 5.38. The van der Waals surface area contributed by atoms with E-state index in [1.54, 1.807) is 0 Å². The van der Waals surface area contributed by atoms with Crippen LogP contribution in [-0.2, 0) is 0 Å². The fourth-order valence-corrected chi connectivity index (χ4v) is 2.98. The number of hydrogen-bond donors (Lipinski definition) is 2. The van der Waals surface area contributed by atoms with Gasteiger partial charge in [0.05, 0.1) is 13.1 Å². The Hall–Kier alpha value is -1.81. The molecular weight excluding hydrogens is 322 g/mol. The summed E-state index contributed by atoms with van der Waals surface area (Å²) in [5, 5.41) is 10.2. The molecule has 0 saturated heterocycles. The van der Waals surface area contributed by atoms with E-state index in [1.807, 2.05) is 36.4 Å². The van der Waals surface area contributed by atoms with Crippen LogP contribution in [0.3, 0.4) is 0 Å². The molecule has 128 valence electrons. The van der Waals surface area contributed by atoms with Gasteiger partial charge in [-0.2, -0.15) is 0 Å². The molecule has 2 unspecified atom stereocenters. The number of aliphatic hydroxyl groups is 1. The highest BCUT2D eigenvalue weighted by molar-refractivity contribution is 5.65. The number of nitrogens with one attached hydrogen (secondary N) is 1. The van der Waals surface area contributed by atoms with Crippen LogP contribution < -0.4 is 22.0 Å². The third-order valence-corrected chi connectivity index (χ3v) is 4.24. The van der Waals surface area contributed by atoms with Crippen molar-refractivity contribution in [1.29, 1.82) is 0 Å². The quantitative estimate of drug-likeness (QED) is 0.690. The minimum absolute atomic E-state index is 0. The zero-order valence-electron chi connectivity index (χ0n) is 13.7. The Morgan fingerprint density at radius 3 is 2.29 bits per heavy atom. The molecule has 0 radical (unpaired) electrons. The molecule has 2 aromatic rings. The molecule has 3 rings (SSSR count). The van der Waals surface area contributed by atoms with E-state index in [0.29, 0.717) is 6.61 Å². The molecule has 24 heavy (non-hydrogen) atoms. The third-order valence-electron chi connectivity index (χ3n) is 4.24. The fourth-order valence-electron chi connectivity index (χ4n) is 2.98. The molecule has 0 saturated carbocycles. The maximum absolute atomic E-state index is 10.2. The smallest absolute Gasteiger partial charge is 0.137 e. The number of quaternary nitrogens is 1. The van der Waals surface area contributed by atoms with Gasteiger partial charge in [0.15, 0.2) is 0 Å². The van der Waals surface area contributed by atoms with Crippen LogP contribution in [0.1, 0.15) is 12.0 Å². The average Bonchev–Trinajstić information content (AvgIpc) is 2.62. The van der Waals surface area contributed by atoms with Gasteiger partial charge in [-0.3, -0.25) is 0 Å². The number of benzene rings is 2. The maximum Gasteiger partial charge on any atom is 0.137 e. The molecule has 2 aromatic carbocycles. The number of ether oxygens (including phenoxy) is 1. The second-order valence-corrected chi connectivity index (χ2v) is 6.03. The summed E-state index contributed by atoms with van der Waals surface area (Å²) in [5.74, 6) is 0.812. The summed E-state index contributed by atoms with van der Waals surface area (Å²) in [6.07, 6.45) is 2.93. The van der Waals surface area contributed by atoms with E-state index in [4.69, 9.17) is 4.74 Å². The van der Waals surface area contributed by atoms with Gasteiger partial charge in [-0.05, 0) is 29.3 Å². The van der Waals surface area contributed by atoms with Crippen molar-refractivity contribution in [2.24, 2.45) is 0 Å². The Labute approximate surface area is 150 Å². The summed E-state index contributed by atoms with van der Waals surface area (Å²) in [6.45, 7) is 3.10. The molecule has 0 bridgehead atoms. The summed E-state index contributed by atoms with van der Waals surface area (Å²) in [4.78, 5) is 1.41. The summed E-state index contributed by atoms with van der Waals surface area (Å²) in [6, 6.07) is 20.2. The molecule has 4 heteroatoms. The van der Waals surface area contributed by atoms with Gasteiger partial charge in [0.2, 0.25) is 0 Å². The lowest BCUT2D eigenvalue weighted by molar-refractivity contribution is -0.898. The van der Waals surface area contributed by atoms with Crippen molar-refractivity contribution in [3.05, 3.63) is 72.3 Å². The second-order valence-electron chi connectivity index (χ2n) is 6.03. The number of aliphatic hydroxyl groups excluding tert-OH is 1. The Kier molecular flexibility index (Phi) is 7.32. The normalized spacial score (nSPS) is 18.2. The molecule has 0 spiro atoms. The molecule has 0 amide bonds. The van der Waals surface area contributed by atoms with Crippen LogP contribution in [0.5, 0.6) is 5.75 Å². The van der Waals surface area contributed by atoms with Gasteiger partial charge in [-0.15, -0.1) is 0 Å². The first kappa shape index (κ1) is 18.5. The largest absolute Gasteiger partial charge is 1.00 e. The lowest BCUT2D eigenvalue weighted by Crippen LogP contribution is -3.13. The first-order valence-electron chi connectivity index (χ1n) is 8.25. The number of para-hydroxylation sites is 1. The van der Waals surface area contributed by atoms with Crippen molar-refractivity contribution in [3.63, 3.8) is 0 Å². The molecule has 1 aliphatic rings. The molecule has 2 atom stereocenters. The van der Waals surface area contributed by atoms with Crippen molar-refractivity contribution in [3.8, 4) is 5.75 Å². The summed E-state index contributed by atoms with van der Waals surface area (Å²) >= 11 is 0. The first-order valence-corrected chi connectivity index (χ1v) is 8.25. The summed E-state index contributed by atoms with van der Waals surface area (Å²) in [7, 11) is 0. The first-order chi connectivity index (χ1) is 11.3. The number of rotatable bonds is 6. The van der Waals surface area contributed by atoms with Gasteiger partial charge in [0.25, 0.3) is 0 Å². The summed E-state index contributed by atoms with van der Waals surface area (Å²) in [5.41, 5.74) is 2.74. The second kappa shape index (κ2) is 9.48. The number of halogens is 1. The van der Waals surface area contributed by atoms with E-state index in [9.17, 15) is 5.11 Å². The molecule has 0 aromatic heterocycles. The van der Waals surface area contributed by atoms with Crippen LogP contribution >= 0.6 is 0 Å². The van der Waals surface area contributed by atoms with Crippen LogP contribution in [0.25, 0.3) is 5.57 Å². The molecule has 0 fully saturated rings. The molecule has 2 N–H and O–H groups in total. The number of hydrogen-bond acceptors (Lipinski definition) is 2. The van der Waals surface area contributed by atoms with Gasteiger partial charge in [0, 0.05) is 6.42 Å². The minimum Gasteiger partial charge on any atom is -1.00 e. The van der Waals surface area contributed by atoms with Crippen molar-refractivity contribution < 1.29 is 27.2 Å². The molecule has 0 aliphatic carbocycles. The minimum atomic E-state index is -0.433. The zero-order chi connectivity index (χ0) is 15.9. The molecule has 1 aliphatic heterocycles. The SMILES string of the molecule is OC(COc1ccccc1)C[NH+]1CC=C(c2ccccc2)CC1.[Cl-]. The maximum atomic E-state index is 10.2. The highest BCUT2D eigenvalue weighted by Crippen LogP contribution is 2.17. The standard InChI is InChI=1S/C20H23NO2.ClH/c22-19(16-23-20-9-5-2-6-10-20)15-21-13-11-18(12-14-21)17-7-3-1-4-8-17;/h1-11,19,22H,12-16H2;1H. The molecule has 3 nitrogen and oxygen atoms in total. The van der Waals surface area contributed by atoms with E-state index in [0.717, 1.165) is 31.8 Å². The van der Waals surface area contributed by atoms with E-state index < -0.39 is 6.10 Å². The van der Waals surface area contributed by atoms with Crippen LogP contribution in [0, 0.1) is 0 Å². The molecular formula is C20H24ClNO2. The van der Waals surface area contributed by atoms with Crippen LogP contribution in [0.15, 0.2) is 66.7 Å². The van der Waals surface area contributed by atoms with E-state index in [-0.39, 0.29) is 12.4 Å². The Balaban J connectivity index is 0.00000208.